The van der Waals surface area contributed by atoms with Crippen molar-refractivity contribution in [2.75, 3.05) is 0 Å². The van der Waals surface area contributed by atoms with Crippen LogP contribution in [0.25, 0.3) is 0 Å². The molecule has 4 heteroatoms. The van der Waals surface area contributed by atoms with E-state index in [9.17, 15) is 9.59 Å². The number of nitrogens with one attached hydrogen (secondary N) is 1. The van der Waals surface area contributed by atoms with Crippen molar-refractivity contribution in [2.45, 2.75) is 70.6 Å². The molecule has 0 bridgehead atoms. The van der Waals surface area contributed by atoms with Gasteiger partial charge < -0.3 is 5.32 Å². The quantitative estimate of drug-likeness (QED) is 0.819. The Morgan fingerprint density at radius 1 is 1.12 bits per heavy atom. The van der Waals surface area contributed by atoms with Crippen LogP contribution < -0.4 is 5.32 Å². The number of allylic oxidation sites excluding steroid dienone is 3. The van der Waals surface area contributed by atoms with Crippen molar-refractivity contribution < 1.29 is 9.59 Å². The van der Waals surface area contributed by atoms with Gasteiger partial charge in [-0.1, -0.05) is 38.2 Å². The minimum atomic E-state index is -0.0368. The Labute approximate surface area is 155 Å². The summed E-state index contributed by atoms with van der Waals surface area (Å²) in [5.74, 6) is 0.872. The molecule has 1 N–H and O–H groups in total. The van der Waals surface area contributed by atoms with E-state index in [4.69, 9.17) is 0 Å². The fourth-order valence-electron chi connectivity index (χ4n) is 4.82. The standard InChI is InChI=1S/C22H28N2O2/c25-21(13-10-15-6-2-1-3-7-15)23-16-11-12-18-17-8-4-5-9-19(17)22(26)24-20(18)14-16/h11-12,14-15,18H,1-10,13H2,(H,24,26). The molecule has 0 radical (unpaired) electrons. The number of carbonyl (C=O) groups is 2. The molecule has 26 heavy (non-hydrogen) atoms. The molecule has 0 aromatic heterocycles. The zero-order valence-corrected chi connectivity index (χ0v) is 15.4. The maximum Gasteiger partial charge on any atom is 0.251 e. The molecule has 138 valence electrons. The number of hydrogen-bond acceptors (Lipinski definition) is 2. The summed E-state index contributed by atoms with van der Waals surface area (Å²) in [5.41, 5.74) is 3.80. The zero-order chi connectivity index (χ0) is 17.9. The van der Waals surface area contributed by atoms with E-state index in [0.717, 1.165) is 43.4 Å². The highest BCUT2D eigenvalue weighted by Gasteiger charge is 2.33. The second-order valence-electron chi connectivity index (χ2n) is 8.07. The first-order valence-corrected chi connectivity index (χ1v) is 10.3. The fourth-order valence-corrected chi connectivity index (χ4v) is 4.82. The largest absolute Gasteiger partial charge is 0.325 e. The van der Waals surface area contributed by atoms with E-state index in [0.29, 0.717) is 18.1 Å². The van der Waals surface area contributed by atoms with Gasteiger partial charge in [0.15, 0.2) is 0 Å². The lowest BCUT2D eigenvalue weighted by molar-refractivity contribution is -0.118. The van der Waals surface area contributed by atoms with Crippen LogP contribution in [0.1, 0.15) is 70.6 Å². The molecule has 1 saturated carbocycles. The minimum Gasteiger partial charge on any atom is -0.325 e. The Kier molecular flexibility index (Phi) is 5.18. The molecule has 4 aliphatic rings. The summed E-state index contributed by atoms with van der Waals surface area (Å²) < 4.78 is 0. The third kappa shape index (κ3) is 3.74. The van der Waals surface area contributed by atoms with Crippen LogP contribution in [0.3, 0.4) is 0 Å². The molecule has 1 heterocycles. The van der Waals surface area contributed by atoms with E-state index in [1.165, 1.54) is 37.7 Å². The minimum absolute atomic E-state index is 0.0368. The average Bonchev–Trinajstić information content (AvgIpc) is 2.67. The summed E-state index contributed by atoms with van der Waals surface area (Å²) in [4.78, 5) is 28.9. The topological polar surface area (TPSA) is 58.5 Å². The summed E-state index contributed by atoms with van der Waals surface area (Å²) >= 11 is 0. The predicted octanol–water partition coefficient (Wildman–Crippen LogP) is 4.38. The van der Waals surface area contributed by atoms with Crippen LogP contribution in [0, 0.1) is 11.8 Å². The van der Waals surface area contributed by atoms with Crippen molar-refractivity contribution in [1.29, 1.82) is 0 Å². The molecular weight excluding hydrogens is 324 g/mol. The zero-order valence-electron chi connectivity index (χ0n) is 15.4. The van der Waals surface area contributed by atoms with Gasteiger partial charge in [-0.05, 0) is 55.7 Å². The molecule has 1 aliphatic heterocycles. The molecule has 1 atom stereocenters. The van der Waals surface area contributed by atoms with E-state index in [1.807, 2.05) is 12.2 Å². The van der Waals surface area contributed by atoms with Gasteiger partial charge >= 0.3 is 0 Å². The SMILES string of the molecule is O=C(CCC1CCCCC1)N=C1C=CC2C(=C1)NC(=O)C1=C2CCCC1. The first-order valence-electron chi connectivity index (χ1n) is 10.3. The van der Waals surface area contributed by atoms with Crippen molar-refractivity contribution in [3.05, 3.63) is 35.1 Å². The van der Waals surface area contributed by atoms with Crippen LogP contribution in [0.2, 0.25) is 0 Å². The van der Waals surface area contributed by atoms with Crippen LogP contribution in [0.4, 0.5) is 0 Å². The molecule has 0 aromatic carbocycles. The van der Waals surface area contributed by atoms with Crippen molar-refractivity contribution in [1.82, 2.24) is 5.32 Å². The molecule has 0 saturated heterocycles. The summed E-state index contributed by atoms with van der Waals surface area (Å²) in [6, 6.07) is 0. The smallest absolute Gasteiger partial charge is 0.251 e. The second-order valence-corrected chi connectivity index (χ2v) is 8.07. The molecule has 1 fully saturated rings. The molecule has 0 spiro atoms. The molecule has 0 aromatic rings. The summed E-state index contributed by atoms with van der Waals surface area (Å²) in [6.07, 6.45) is 18.1. The monoisotopic (exact) mass is 352 g/mol. The highest BCUT2D eigenvalue weighted by molar-refractivity contribution is 6.11. The van der Waals surface area contributed by atoms with Gasteiger partial charge in [0.05, 0.1) is 5.71 Å². The maximum atomic E-state index is 12.3. The van der Waals surface area contributed by atoms with Crippen molar-refractivity contribution in [2.24, 2.45) is 16.8 Å². The number of hydrogen-bond donors (Lipinski definition) is 1. The van der Waals surface area contributed by atoms with Gasteiger partial charge in [-0.3, -0.25) is 9.59 Å². The number of amides is 2. The first kappa shape index (κ1) is 17.4. The third-order valence-electron chi connectivity index (χ3n) is 6.26. The van der Waals surface area contributed by atoms with Crippen LogP contribution >= 0.6 is 0 Å². The summed E-state index contributed by atoms with van der Waals surface area (Å²) in [7, 11) is 0. The molecule has 1 unspecified atom stereocenters. The van der Waals surface area contributed by atoms with Gasteiger partial charge in [0, 0.05) is 23.6 Å². The van der Waals surface area contributed by atoms with E-state index < -0.39 is 0 Å². The Morgan fingerprint density at radius 2 is 1.92 bits per heavy atom. The van der Waals surface area contributed by atoms with Crippen LogP contribution in [0.15, 0.2) is 40.1 Å². The summed E-state index contributed by atoms with van der Waals surface area (Å²) in [6.45, 7) is 0. The van der Waals surface area contributed by atoms with Crippen molar-refractivity contribution in [3.8, 4) is 0 Å². The Balaban J connectivity index is 1.42. The number of fused-ring (bicyclic) bond motifs is 2. The average molecular weight is 352 g/mol. The fraction of sp³-hybridized carbons (Fsp3) is 0.591. The van der Waals surface area contributed by atoms with Gasteiger partial charge in [-0.2, -0.15) is 0 Å². The maximum absolute atomic E-state index is 12.3. The molecular formula is C22H28N2O2. The summed E-state index contributed by atoms with van der Waals surface area (Å²) in [5, 5.41) is 3.03. The Hall–Kier alpha value is -1.97. The van der Waals surface area contributed by atoms with Crippen LogP contribution in [-0.2, 0) is 9.59 Å². The van der Waals surface area contributed by atoms with Crippen molar-refractivity contribution in [3.63, 3.8) is 0 Å². The van der Waals surface area contributed by atoms with E-state index in [1.54, 1.807) is 0 Å². The van der Waals surface area contributed by atoms with Gasteiger partial charge in [0.25, 0.3) is 5.91 Å². The van der Waals surface area contributed by atoms with Crippen molar-refractivity contribution >= 4 is 17.5 Å². The number of aliphatic imine (C=N–C) groups is 1. The number of carbonyl (C=O) groups excluding carboxylic acids is 2. The Morgan fingerprint density at radius 3 is 2.77 bits per heavy atom. The van der Waals surface area contributed by atoms with E-state index >= 15 is 0 Å². The van der Waals surface area contributed by atoms with Gasteiger partial charge in [-0.25, -0.2) is 4.99 Å². The lowest BCUT2D eigenvalue weighted by Crippen LogP contribution is -2.37. The van der Waals surface area contributed by atoms with Crippen LogP contribution in [-0.4, -0.2) is 17.5 Å². The lowest BCUT2D eigenvalue weighted by atomic mass is 9.77. The highest BCUT2D eigenvalue weighted by Crippen LogP contribution is 2.38. The molecule has 2 amide bonds. The van der Waals surface area contributed by atoms with Gasteiger partial charge in [0.1, 0.15) is 0 Å². The lowest BCUT2D eigenvalue weighted by Gasteiger charge is -2.33. The molecule has 4 nitrogen and oxygen atoms in total. The molecule has 3 aliphatic carbocycles. The molecule has 4 rings (SSSR count). The Bertz CT molecular complexity index is 720. The predicted molar refractivity (Wildman–Crippen MR) is 103 cm³/mol. The highest BCUT2D eigenvalue weighted by atomic mass is 16.2. The third-order valence-corrected chi connectivity index (χ3v) is 6.26. The van der Waals surface area contributed by atoms with E-state index in [2.05, 4.69) is 16.4 Å². The van der Waals surface area contributed by atoms with Crippen LogP contribution in [0.5, 0.6) is 0 Å². The second kappa shape index (κ2) is 7.73. The van der Waals surface area contributed by atoms with E-state index in [-0.39, 0.29) is 17.7 Å². The number of rotatable bonds is 3. The first-order chi connectivity index (χ1) is 12.7. The van der Waals surface area contributed by atoms with Gasteiger partial charge in [0.2, 0.25) is 5.91 Å². The van der Waals surface area contributed by atoms with Gasteiger partial charge in [-0.15, -0.1) is 0 Å². The number of nitrogens with zero attached hydrogens (tertiary/aromatic N) is 1. The normalized spacial score (nSPS) is 27.7.